The molecule has 16 rings (SSSR count). The van der Waals surface area contributed by atoms with Gasteiger partial charge in [-0.2, -0.15) is 0 Å². The van der Waals surface area contributed by atoms with Crippen LogP contribution in [0, 0.1) is 0 Å². The molecule has 14 aromatic rings. The Bertz CT molecular complexity index is 4460. The molecule has 0 atom stereocenters. The summed E-state index contributed by atoms with van der Waals surface area (Å²) in [5, 5.41) is 8.23. The van der Waals surface area contributed by atoms with E-state index in [1.165, 1.54) is 88.8 Å². The first-order valence-electron chi connectivity index (χ1n) is 26.0. The lowest BCUT2D eigenvalue weighted by Crippen LogP contribution is -2.60. The maximum absolute atomic E-state index is 7.43. The largest absolute Gasteiger partial charge is 0.311 e. The van der Waals surface area contributed by atoms with E-state index in [1.807, 2.05) is 46.1 Å². The fourth-order valence-corrected chi connectivity index (χ4v) is 17.1. The lowest BCUT2D eigenvalue weighted by atomic mass is 9.36. The summed E-state index contributed by atoms with van der Waals surface area (Å²) in [6, 6.07) is 92.6. The van der Waals surface area contributed by atoms with Crippen molar-refractivity contribution in [3.8, 4) is 0 Å². The highest BCUT2D eigenvalue weighted by Crippen LogP contribution is 2.53. The fourth-order valence-electron chi connectivity index (χ4n) is 11.6. The molecule has 0 unspecified atom stereocenters. The van der Waals surface area contributed by atoms with Gasteiger partial charge in [-0.25, -0.2) is 0 Å². The normalized spacial score (nSPS) is 12.3. The predicted octanol–water partition coefficient (Wildman–Crippen LogP) is 19.9. The smallest absolute Gasteiger partial charge is 0.264 e. The Morgan fingerprint density at radius 2 is 0.833 bits per heavy atom. The third kappa shape index (κ3) is 7.68. The minimum atomic E-state index is 0.186. The van der Waals surface area contributed by atoms with Crippen molar-refractivity contribution >= 4 is 187 Å². The zero-order valence-electron chi connectivity index (χ0n) is 41.8. The summed E-state index contributed by atoms with van der Waals surface area (Å²) < 4.78 is 6.81. The van der Waals surface area contributed by atoms with Gasteiger partial charge < -0.3 is 19.6 Å². The van der Waals surface area contributed by atoms with E-state index in [0.717, 1.165) is 34.1 Å². The van der Waals surface area contributed by atoms with E-state index < -0.39 is 0 Å². The second kappa shape index (κ2) is 19.6. The molecule has 0 N–H and O–H groups in total. The summed E-state index contributed by atoms with van der Waals surface area (Å²) in [5.74, 6) is 0. The second-order valence-electron chi connectivity index (χ2n) is 19.3. The summed E-state index contributed by atoms with van der Waals surface area (Å²) >= 11 is 15.0. The number of benzene rings is 10. The molecular formula is C68H44BClN4S4. The summed E-state index contributed by atoms with van der Waals surface area (Å²) in [4.78, 5) is 9.50. The molecule has 6 heterocycles. The van der Waals surface area contributed by atoms with Crippen LogP contribution in [0.15, 0.2) is 266 Å². The van der Waals surface area contributed by atoms with Crippen molar-refractivity contribution in [1.29, 1.82) is 0 Å². The second-order valence-corrected chi connectivity index (χ2v) is 24.2. The number of hydrogen-bond acceptors (Lipinski definition) is 8. The van der Waals surface area contributed by atoms with Crippen molar-refractivity contribution < 1.29 is 0 Å². The zero-order chi connectivity index (χ0) is 51.7. The Labute approximate surface area is 473 Å². The SMILES string of the molecule is Clc1c(N(c2ccccc2)c2ccccc2)cccc1N(c1ccccc1)c1csc2sc3ccccc3c12.c1ccc(N2c3ccccc3B3c4sc5sc6ccccc6c5c4N(c4ccccc4)c4cccc2c43)cc1. The van der Waals surface area contributed by atoms with Gasteiger partial charge in [-0.15, -0.1) is 45.3 Å². The lowest BCUT2D eigenvalue weighted by Gasteiger charge is -2.43. The van der Waals surface area contributed by atoms with E-state index in [0.29, 0.717) is 5.02 Å². The van der Waals surface area contributed by atoms with Gasteiger partial charge in [0.1, 0.15) is 0 Å². The van der Waals surface area contributed by atoms with E-state index in [2.05, 4.69) is 274 Å². The molecule has 2 aliphatic heterocycles. The van der Waals surface area contributed by atoms with Crippen LogP contribution in [0.4, 0.5) is 68.2 Å². The van der Waals surface area contributed by atoms with Crippen LogP contribution in [-0.4, -0.2) is 6.71 Å². The minimum absolute atomic E-state index is 0.186. The molecule has 4 nitrogen and oxygen atoms in total. The van der Waals surface area contributed by atoms with Gasteiger partial charge in [0.15, 0.2) is 0 Å². The molecule has 0 spiro atoms. The van der Waals surface area contributed by atoms with Crippen molar-refractivity contribution in [1.82, 2.24) is 0 Å². The average Bonchev–Trinajstić information content (AvgIpc) is 4.21. The van der Waals surface area contributed by atoms with E-state index in [1.54, 1.807) is 11.3 Å². The molecule has 2 aliphatic rings. The Balaban J connectivity index is 0.000000136. The van der Waals surface area contributed by atoms with Gasteiger partial charge in [-0.1, -0.05) is 169 Å². The number of anilines is 12. The maximum Gasteiger partial charge on any atom is 0.264 e. The first-order valence-corrected chi connectivity index (χ1v) is 29.7. The number of nitrogens with zero attached hydrogens (tertiary/aromatic N) is 4. The molecule has 4 aromatic heterocycles. The van der Waals surface area contributed by atoms with Crippen molar-refractivity contribution in [2.75, 3.05) is 19.6 Å². The molecule has 78 heavy (non-hydrogen) atoms. The van der Waals surface area contributed by atoms with E-state index in [9.17, 15) is 0 Å². The molecule has 370 valence electrons. The lowest BCUT2D eigenvalue weighted by molar-refractivity contribution is 1.26. The highest BCUT2D eigenvalue weighted by Gasteiger charge is 2.45. The van der Waals surface area contributed by atoms with Crippen molar-refractivity contribution in [3.05, 3.63) is 271 Å². The van der Waals surface area contributed by atoms with Crippen LogP contribution in [0.2, 0.25) is 5.02 Å². The third-order valence-electron chi connectivity index (χ3n) is 14.9. The topological polar surface area (TPSA) is 13.0 Å². The minimum Gasteiger partial charge on any atom is -0.311 e. The van der Waals surface area contributed by atoms with E-state index in [-0.39, 0.29) is 6.71 Å². The predicted molar refractivity (Wildman–Crippen MR) is 343 cm³/mol. The molecule has 10 aromatic carbocycles. The van der Waals surface area contributed by atoms with Gasteiger partial charge in [-0.05, 0) is 114 Å². The molecule has 0 saturated carbocycles. The molecule has 0 aliphatic carbocycles. The molecule has 0 saturated heterocycles. The van der Waals surface area contributed by atoms with Gasteiger partial charge in [0.05, 0.1) is 35.8 Å². The van der Waals surface area contributed by atoms with Gasteiger partial charge in [0.2, 0.25) is 0 Å². The molecule has 0 amide bonds. The third-order valence-corrected chi connectivity index (χ3v) is 20.0. The summed E-state index contributed by atoms with van der Waals surface area (Å²) in [7, 11) is 0. The first kappa shape index (κ1) is 46.9. The van der Waals surface area contributed by atoms with Crippen LogP contribution in [0.25, 0.3) is 39.0 Å². The summed E-state index contributed by atoms with van der Waals surface area (Å²) in [6.07, 6.45) is 0. The number of rotatable bonds is 8. The van der Waals surface area contributed by atoms with Crippen molar-refractivity contribution in [2.45, 2.75) is 0 Å². The van der Waals surface area contributed by atoms with Gasteiger partial charge in [0.25, 0.3) is 6.71 Å². The van der Waals surface area contributed by atoms with Crippen LogP contribution in [0.3, 0.4) is 0 Å². The van der Waals surface area contributed by atoms with Gasteiger partial charge >= 0.3 is 0 Å². The van der Waals surface area contributed by atoms with Crippen LogP contribution >= 0.6 is 56.9 Å². The number of fused-ring (bicyclic) bond motifs is 11. The zero-order valence-corrected chi connectivity index (χ0v) is 45.8. The Kier molecular flexibility index (Phi) is 11.7. The highest BCUT2D eigenvalue weighted by molar-refractivity contribution is 7.47. The molecular weight excluding hydrogens is 1050 g/mol. The maximum atomic E-state index is 7.43. The van der Waals surface area contributed by atoms with E-state index in [4.69, 9.17) is 11.6 Å². The monoisotopic (exact) mass is 1090 g/mol. The van der Waals surface area contributed by atoms with Crippen LogP contribution < -0.4 is 35.3 Å². The molecule has 0 fully saturated rings. The van der Waals surface area contributed by atoms with Gasteiger partial charge in [0, 0.05) is 86.6 Å². The number of para-hydroxylation sites is 6. The molecule has 0 radical (unpaired) electrons. The Morgan fingerprint density at radius 1 is 0.372 bits per heavy atom. The molecule has 0 bridgehead atoms. The standard InChI is InChI=1S/C34H21BN2S2.C34H23ClN2S2/c1-3-12-22(13-4-1)36-26-18-9-8-17-25(26)35-31-27(36)19-11-20-28(31)37(23-14-5-2-6-15-23)32-30-24-16-7-10-21-29(24)38-34(30)39-33(32)35;35-33-28(36(24-13-4-1-5-14-24)25-15-6-2-7-16-25)20-12-21-29(33)37(26-17-8-3-9-18-26)30-23-38-34-32(30)27-19-10-11-22-31(27)39-34/h1-21H;1-23H. The summed E-state index contributed by atoms with van der Waals surface area (Å²) in [5.41, 5.74) is 16.4. The summed E-state index contributed by atoms with van der Waals surface area (Å²) in [6.45, 7) is 0.186. The Morgan fingerprint density at radius 3 is 1.46 bits per heavy atom. The molecule has 10 heteroatoms. The number of thiophene rings is 4. The quantitative estimate of drug-likeness (QED) is 0.141. The number of halogens is 1. The highest BCUT2D eigenvalue weighted by atomic mass is 35.5. The van der Waals surface area contributed by atoms with Crippen molar-refractivity contribution in [2.24, 2.45) is 0 Å². The van der Waals surface area contributed by atoms with Crippen LogP contribution in [0.1, 0.15) is 0 Å². The number of hydrogen-bond donors (Lipinski definition) is 0. The fraction of sp³-hybridized carbons (Fsp3) is 0. The van der Waals surface area contributed by atoms with Crippen LogP contribution in [0.5, 0.6) is 0 Å². The van der Waals surface area contributed by atoms with Gasteiger partial charge in [-0.3, -0.25) is 0 Å². The average molecular weight is 1090 g/mol. The van der Waals surface area contributed by atoms with E-state index >= 15 is 0 Å². The first-order chi connectivity index (χ1) is 38.7. The Hall–Kier alpha value is -8.41. The van der Waals surface area contributed by atoms with Crippen molar-refractivity contribution in [3.63, 3.8) is 0 Å². The van der Waals surface area contributed by atoms with Crippen LogP contribution in [-0.2, 0) is 0 Å².